The smallest absolute Gasteiger partial charge is 0.458 e. The van der Waals surface area contributed by atoms with Gasteiger partial charge >= 0.3 is 36.2 Å². The van der Waals surface area contributed by atoms with Crippen molar-refractivity contribution in [3.05, 3.63) is 12.0 Å². The molecule has 0 aromatic carbocycles. The zero-order valence-corrected chi connectivity index (χ0v) is 9.77. The van der Waals surface area contributed by atoms with Crippen LogP contribution >= 0.6 is 0 Å². The van der Waals surface area contributed by atoms with Crippen molar-refractivity contribution in [2.75, 3.05) is 13.2 Å². The van der Waals surface area contributed by atoms with E-state index in [9.17, 15) is 52.7 Å². The summed E-state index contributed by atoms with van der Waals surface area (Å²) in [7, 11) is 0. The van der Waals surface area contributed by atoms with Crippen molar-refractivity contribution in [1.82, 2.24) is 0 Å². The van der Waals surface area contributed by atoms with Gasteiger partial charge in [-0.2, -0.15) is 52.7 Å². The van der Waals surface area contributed by atoms with E-state index in [1.165, 1.54) is 0 Å². The SMILES string of the molecule is FC(F)(F)C(F)(F)C(F)(F)C(F)(F)F.FC(F)=C1OCCO1. The maximum absolute atomic E-state index is 11.6. The molecule has 14 heteroatoms. The summed E-state index contributed by atoms with van der Waals surface area (Å²) >= 11 is 0. The zero-order valence-electron chi connectivity index (χ0n) is 9.77. The predicted octanol–water partition coefficient (Wildman–Crippen LogP) is 4.48. The number of alkyl halides is 10. The molecule has 0 amide bonds. The molecule has 0 bridgehead atoms. The van der Waals surface area contributed by atoms with Crippen molar-refractivity contribution < 1.29 is 62.2 Å². The first-order valence-corrected chi connectivity index (χ1v) is 4.75. The molecule has 1 heterocycles. The van der Waals surface area contributed by atoms with Crippen molar-refractivity contribution in [1.29, 1.82) is 0 Å². The van der Waals surface area contributed by atoms with E-state index in [1.54, 1.807) is 0 Å². The van der Waals surface area contributed by atoms with Gasteiger partial charge in [-0.1, -0.05) is 0 Å². The predicted molar refractivity (Wildman–Crippen MR) is 43.2 cm³/mol. The minimum Gasteiger partial charge on any atom is -0.458 e. The van der Waals surface area contributed by atoms with Crippen LogP contribution in [0, 0.1) is 0 Å². The molecule has 0 saturated carbocycles. The molecular formula is C8H4F12O2. The second-order valence-electron chi connectivity index (χ2n) is 3.39. The Hall–Kier alpha value is -1.50. The number of rotatable bonds is 1. The Kier molecular flexibility index (Phi) is 5.89. The van der Waals surface area contributed by atoms with E-state index < -0.39 is 36.2 Å². The lowest BCUT2D eigenvalue weighted by atomic mass is 10.1. The molecule has 0 atom stereocenters. The summed E-state index contributed by atoms with van der Waals surface area (Å²) in [4.78, 5) is 0. The van der Waals surface area contributed by atoms with Crippen LogP contribution in [0.15, 0.2) is 12.0 Å². The van der Waals surface area contributed by atoms with Crippen LogP contribution in [-0.4, -0.2) is 37.4 Å². The number of hydrogen-bond donors (Lipinski definition) is 0. The number of ether oxygens (including phenoxy) is 2. The van der Waals surface area contributed by atoms with Gasteiger partial charge in [0, 0.05) is 0 Å². The van der Waals surface area contributed by atoms with Crippen molar-refractivity contribution in [3.63, 3.8) is 0 Å². The fourth-order valence-electron chi connectivity index (χ4n) is 0.776. The fourth-order valence-corrected chi connectivity index (χ4v) is 0.776. The van der Waals surface area contributed by atoms with Crippen molar-refractivity contribution >= 4 is 0 Å². The molecule has 0 aromatic heterocycles. The lowest BCUT2D eigenvalue weighted by Gasteiger charge is -2.29. The summed E-state index contributed by atoms with van der Waals surface area (Å²) in [5.41, 5.74) is 0. The molecule has 0 N–H and O–H groups in total. The van der Waals surface area contributed by atoms with Crippen LogP contribution in [0.2, 0.25) is 0 Å². The van der Waals surface area contributed by atoms with E-state index in [1.807, 2.05) is 0 Å². The average molecular weight is 360 g/mol. The van der Waals surface area contributed by atoms with Gasteiger partial charge in [0.05, 0.1) is 0 Å². The van der Waals surface area contributed by atoms with Crippen molar-refractivity contribution in [2.45, 2.75) is 24.2 Å². The van der Waals surface area contributed by atoms with Crippen molar-refractivity contribution in [2.24, 2.45) is 0 Å². The van der Waals surface area contributed by atoms with Crippen LogP contribution in [0.25, 0.3) is 0 Å². The van der Waals surface area contributed by atoms with Crippen LogP contribution in [0.3, 0.4) is 0 Å². The van der Waals surface area contributed by atoms with E-state index in [-0.39, 0.29) is 13.2 Å². The normalized spacial score (nSPS) is 16.5. The van der Waals surface area contributed by atoms with Crippen molar-refractivity contribution in [3.8, 4) is 0 Å². The molecule has 0 aromatic rings. The van der Waals surface area contributed by atoms with Gasteiger partial charge in [0.25, 0.3) is 0 Å². The second-order valence-corrected chi connectivity index (χ2v) is 3.39. The zero-order chi connectivity index (χ0) is 18.0. The first kappa shape index (κ1) is 20.5. The molecular weight excluding hydrogens is 356 g/mol. The molecule has 22 heavy (non-hydrogen) atoms. The summed E-state index contributed by atoms with van der Waals surface area (Å²) in [6.45, 7) is 0.458. The van der Waals surface area contributed by atoms with E-state index >= 15 is 0 Å². The van der Waals surface area contributed by atoms with Gasteiger partial charge in [0.15, 0.2) is 0 Å². The highest BCUT2D eigenvalue weighted by atomic mass is 19.4. The van der Waals surface area contributed by atoms with Crippen LogP contribution in [-0.2, 0) is 9.47 Å². The van der Waals surface area contributed by atoms with Gasteiger partial charge in [0.2, 0.25) is 0 Å². The summed E-state index contributed by atoms with van der Waals surface area (Å²) in [6.07, 6.45) is -15.8. The molecule has 0 unspecified atom stereocenters. The molecule has 0 aliphatic carbocycles. The number of halogens is 12. The van der Waals surface area contributed by atoms with E-state index in [0.29, 0.717) is 0 Å². The van der Waals surface area contributed by atoms with Crippen LogP contribution in [0.5, 0.6) is 0 Å². The molecule has 0 spiro atoms. The summed E-state index contributed by atoms with van der Waals surface area (Å²) in [6, 6.07) is 0. The second kappa shape index (κ2) is 6.32. The third-order valence-electron chi connectivity index (χ3n) is 1.81. The minimum absolute atomic E-state index is 0.229. The van der Waals surface area contributed by atoms with Gasteiger partial charge in [-0.15, -0.1) is 0 Å². The third-order valence-corrected chi connectivity index (χ3v) is 1.81. The number of hydrogen-bond acceptors (Lipinski definition) is 2. The molecule has 1 rings (SSSR count). The average Bonchev–Trinajstić information content (AvgIpc) is 2.79. The first-order valence-electron chi connectivity index (χ1n) is 4.75. The third kappa shape index (κ3) is 4.25. The summed E-state index contributed by atoms with van der Waals surface area (Å²) in [5.74, 6) is -14.9. The lowest BCUT2D eigenvalue weighted by molar-refractivity contribution is -0.419. The van der Waals surface area contributed by atoms with E-state index in [4.69, 9.17) is 0 Å². The van der Waals surface area contributed by atoms with Crippen LogP contribution < -0.4 is 0 Å². The van der Waals surface area contributed by atoms with Gasteiger partial charge < -0.3 is 9.47 Å². The first-order chi connectivity index (χ1) is 9.55. The van der Waals surface area contributed by atoms with Gasteiger partial charge in [-0.25, -0.2) is 0 Å². The maximum atomic E-state index is 11.6. The summed E-state index contributed by atoms with van der Waals surface area (Å²) in [5, 5.41) is 0. The quantitative estimate of drug-likeness (QED) is 0.642. The Morgan fingerprint density at radius 2 is 0.909 bits per heavy atom. The fraction of sp³-hybridized carbons (Fsp3) is 0.750. The molecule has 1 aliphatic rings. The largest absolute Gasteiger partial charge is 0.460 e. The maximum Gasteiger partial charge on any atom is 0.460 e. The highest BCUT2D eigenvalue weighted by Crippen LogP contribution is 2.53. The Balaban J connectivity index is 0.000000461. The summed E-state index contributed by atoms with van der Waals surface area (Å²) < 4.78 is 145. The van der Waals surface area contributed by atoms with E-state index in [0.717, 1.165) is 0 Å². The van der Waals surface area contributed by atoms with Crippen LogP contribution in [0.1, 0.15) is 0 Å². The van der Waals surface area contributed by atoms with Gasteiger partial charge in [-0.3, -0.25) is 0 Å². The monoisotopic (exact) mass is 360 g/mol. The highest BCUT2D eigenvalue weighted by Gasteiger charge is 2.82. The van der Waals surface area contributed by atoms with Gasteiger partial charge in [0.1, 0.15) is 13.2 Å². The molecule has 132 valence electrons. The minimum atomic E-state index is -7.14. The molecule has 1 aliphatic heterocycles. The molecule has 1 saturated heterocycles. The molecule has 0 radical (unpaired) electrons. The highest BCUT2D eigenvalue weighted by molar-refractivity contribution is 4.95. The molecule has 1 fully saturated rings. The Labute approximate surface area is 113 Å². The lowest BCUT2D eigenvalue weighted by Crippen LogP contribution is -2.59. The van der Waals surface area contributed by atoms with Crippen LogP contribution in [0.4, 0.5) is 52.7 Å². The Morgan fingerprint density at radius 3 is 1.05 bits per heavy atom. The topological polar surface area (TPSA) is 18.5 Å². The van der Waals surface area contributed by atoms with E-state index in [2.05, 4.69) is 9.47 Å². The van der Waals surface area contributed by atoms with Gasteiger partial charge in [-0.05, 0) is 0 Å². The Bertz CT molecular complexity index is 370. The standard InChI is InChI=1S/C4F10.C4H4F2O2/c5-1(6,3(9,10)11)2(7,8)4(12,13)14;5-3(6)4-7-1-2-8-4/h;1-2H2. The molecule has 2 nitrogen and oxygen atoms in total. The Morgan fingerprint density at radius 1 is 0.636 bits per heavy atom.